The Morgan fingerprint density at radius 3 is 2.71 bits per heavy atom. The Hall–Kier alpha value is -3.27. The van der Waals surface area contributed by atoms with Crippen molar-refractivity contribution in [1.29, 1.82) is 0 Å². The van der Waals surface area contributed by atoms with E-state index in [2.05, 4.69) is 36.0 Å². The smallest absolute Gasteiger partial charge is 0.232 e. The summed E-state index contributed by atoms with van der Waals surface area (Å²) in [4.78, 5) is 28.3. The van der Waals surface area contributed by atoms with Crippen LogP contribution in [0.25, 0.3) is 0 Å². The van der Waals surface area contributed by atoms with Crippen LogP contribution in [0.2, 0.25) is 0 Å². The minimum absolute atomic E-state index is 0.0621. The van der Waals surface area contributed by atoms with Crippen LogP contribution in [0, 0.1) is 11.3 Å². The molecule has 0 aromatic carbocycles. The molecule has 1 unspecified atom stereocenters. The average Bonchev–Trinajstić information content (AvgIpc) is 3.12. The van der Waals surface area contributed by atoms with Crippen molar-refractivity contribution in [3.63, 3.8) is 0 Å². The zero-order chi connectivity index (χ0) is 23.7. The van der Waals surface area contributed by atoms with Crippen molar-refractivity contribution in [3.05, 3.63) is 52.9 Å². The van der Waals surface area contributed by atoms with Crippen molar-refractivity contribution in [2.45, 2.75) is 57.8 Å². The molecule has 9 nitrogen and oxygen atoms in total. The van der Waals surface area contributed by atoms with Crippen molar-refractivity contribution in [2.24, 2.45) is 11.3 Å². The molecule has 1 spiro atoms. The summed E-state index contributed by atoms with van der Waals surface area (Å²) in [5.74, 6) is 0.935. The molecular formula is C24H27N7O2S. The van der Waals surface area contributed by atoms with Gasteiger partial charge in [0.1, 0.15) is 5.01 Å². The Kier molecular flexibility index (Phi) is 6.07. The number of amides is 2. The fourth-order valence-electron chi connectivity index (χ4n) is 4.78. The molecule has 3 aromatic heterocycles. The Labute approximate surface area is 201 Å². The highest BCUT2D eigenvalue weighted by atomic mass is 32.1. The van der Waals surface area contributed by atoms with Crippen molar-refractivity contribution < 1.29 is 9.59 Å². The summed E-state index contributed by atoms with van der Waals surface area (Å²) in [7, 11) is 0. The molecule has 3 atom stereocenters. The molecule has 34 heavy (non-hydrogen) atoms. The van der Waals surface area contributed by atoms with Crippen molar-refractivity contribution in [3.8, 4) is 0 Å². The van der Waals surface area contributed by atoms with Gasteiger partial charge in [-0.1, -0.05) is 31.3 Å². The number of anilines is 2. The van der Waals surface area contributed by atoms with E-state index < -0.39 is 0 Å². The molecule has 5 rings (SSSR count). The molecule has 2 saturated carbocycles. The number of pyridine rings is 1. The zero-order valence-electron chi connectivity index (χ0n) is 19.2. The average molecular weight is 478 g/mol. The van der Waals surface area contributed by atoms with Crippen molar-refractivity contribution >= 4 is 34.1 Å². The number of nitrogens with one attached hydrogen (secondary N) is 2. The van der Waals surface area contributed by atoms with E-state index in [1.807, 2.05) is 44.2 Å². The standard InChI is InChI=1S/C24H27N7O2S/c1-14(2)21(33)26-19-7-6-18(28-29-19)17-13-24(17)9-8-15(12-24)22-30-31-23(34-22)27-20(32)11-16-5-3-4-10-25-16/h3-7,10,14-15,17H,8-9,11-13H2,1-2H3,(H,26,29,33)(H,27,31,32)/t15-,17?,24-/m0/s1. The van der Waals surface area contributed by atoms with E-state index in [9.17, 15) is 9.59 Å². The molecule has 176 valence electrons. The van der Waals surface area contributed by atoms with E-state index in [1.54, 1.807) is 6.20 Å². The van der Waals surface area contributed by atoms with Gasteiger partial charge >= 0.3 is 0 Å². The van der Waals surface area contributed by atoms with Gasteiger partial charge in [0.15, 0.2) is 5.82 Å². The van der Waals surface area contributed by atoms with Crippen LogP contribution in [-0.4, -0.2) is 37.2 Å². The summed E-state index contributed by atoms with van der Waals surface area (Å²) in [6, 6.07) is 9.34. The van der Waals surface area contributed by atoms with Gasteiger partial charge in [-0.3, -0.25) is 14.6 Å². The van der Waals surface area contributed by atoms with Crippen LogP contribution in [0.5, 0.6) is 0 Å². The van der Waals surface area contributed by atoms with Crippen molar-refractivity contribution in [1.82, 2.24) is 25.4 Å². The summed E-state index contributed by atoms with van der Waals surface area (Å²) in [5, 5.41) is 24.3. The molecule has 10 heteroatoms. The maximum Gasteiger partial charge on any atom is 0.232 e. The molecule has 0 bridgehead atoms. The number of carbonyl (C=O) groups excluding carboxylic acids is 2. The normalized spacial score (nSPS) is 23.3. The Morgan fingerprint density at radius 1 is 1.09 bits per heavy atom. The van der Waals surface area contributed by atoms with Crippen LogP contribution in [0.1, 0.15) is 67.8 Å². The molecule has 0 aliphatic heterocycles. The first kappa shape index (κ1) is 22.5. The third kappa shape index (κ3) is 4.82. The second-order valence-electron chi connectivity index (χ2n) is 9.54. The first-order valence-corrected chi connectivity index (χ1v) is 12.4. The molecule has 0 saturated heterocycles. The zero-order valence-corrected chi connectivity index (χ0v) is 20.0. The van der Waals surface area contributed by atoms with Crippen molar-refractivity contribution in [2.75, 3.05) is 10.6 Å². The van der Waals surface area contributed by atoms with Crippen LogP contribution in [-0.2, 0) is 16.0 Å². The summed E-state index contributed by atoms with van der Waals surface area (Å²) in [5.41, 5.74) is 1.96. The molecule has 2 N–H and O–H groups in total. The molecule has 0 radical (unpaired) electrons. The van der Waals surface area contributed by atoms with E-state index in [-0.39, 0.29) is 29.6 Å². The summed E-state index contributed by atoms with van der Waals surface area (Å²) in [6.07, 6.45) is 6.21. The maximum atomic E-state index is 12.3. The third-order valence-electron chi connectivity index (χ3n) is 6.76. The van der Waals surface area contributed by atoms with Gasteiger partial charge in [-0.05, 0) is 55.4 Å². The van der Waals surface area contributed by atoms with Gasteiger partial charge in [-0.2, -0.15) is 5.10 Å². The first-order chi connectivity index (χ1) is 16.4. The van der Waals surface area contributed by atoms with Crippen LogP contribution in [0.15, 0.2) is 36.5 Å². The van der Waals surface area contributed by atoms with E-state index in [1.165, 1.54) is 11.3 Å². The second-order valence-corrected chi connectivity index (χ2v) is 10.5. The van der Waals surface area contributed by atoms with E-state index >= 15 is 0 Å². The van der Waals surface area contributed by atoms with Gasteiger partial charge in [-0.15, -0.1) is 15.3 Å². The molecule has 3 aromatic rings. The molecule has 2 fully saturated rings. The highest BCUT2D eigenvalue weighted by Gasteiger charge is 2.59. The molecular weight excluding hydrogens is 450 g/mol. The molecule has 2 amide bonds. The Morgan fingerprint density at radius 2 is 1.97 bits per heavy atom. The second kappa shape index (κ2) is 9.17. The number of nitrogens with zero attached hydrogens (tertiary/aromatic N) is 5. The number of carbonyl (C=O) groups is 2. The lowest BCUT2D eigenvalue weighted by molar-refractivity contribution is -0.119. The Balaban J connectivity index is 1.16. The van der Waals surface area contributed by atoms with Gasteiger partial charge in [0.25, 0.3) is 0 Å². The summed E-state index contributed by atoms with van der Waals surface area (Å²) >= 11 is 1.46. The van der Waals surface area contributed by atoms with Crippen LogP contribution >= 0.6 is 11.3 Å². The Bertz CT molecular complexity index is 1180. The van der Waals surface area contributed by atoms with E-state index in [0.717, 1.165) is 42.1 Å². The van der Waals surface area contributed by atoms with Gasteiger partial charge in [0.05, 0.1) is 12.1 Å². The van der Waals surface area contributed by atoms with Crippen LogP contribution in [0.4, 0.5) is 10.9 Å². The number of aromatic nitrogens is 5. The van der Waals surface area contributed by atoms with Crippen LogP contribution in [0.3, 0.4) is 0 Å². The lowest BCUT2D eigenvalue weighted by atomic mass is 9.98. The largest absolute Gasteiger partial charge is 0.309 e. The van der Waals surface area contributed by atoms with Crippen LogP contribution < -0.4 is 10.6 Å². The molecule has 2 aliphatic carbocycles. The van der Waals surface area contributed by atoms with E-state index in [4.69, 9.17) is 0 Å². The monoisotopic (exact) mass is 477 g/mol. The topological polar surface area (TPSA) is 123 Å². The number of hydrogen-bond acceptors (Lipinski definition) is 8. The fourth-order valence-corrected chi connectivity index (χ4v) is 5.68. The lowest BCUT2D eigenvalue weighted by Crippen LogP contribution is -2.18. The SMILES string of the molecule is CC(C)C(=O)Nc1ccc(C2C[C@@]23CC[C@H](c2nnc(NC(=O)Cc4ccccn4)s2)C3)nn1. The summed E-state index contributed by atoms with van der Waals surface area (Å²) in [6.45, 7) is 3.69. The molecule has 2 aliphatic rings. The fraction of sp³-hybridized carbons (Fsp3) is 0.458. The highest BCUT2D eigenvalue weighted by Crippen LogP contribution is 2.70. The maximum absolute atomic E-state index is 12.3. The van der Waals surface area contributed by atoms with Gasteiger partial charge in [0.2, 0.25) is 16.9 Å². The lowest BCUT2D eigenvalue weighted by Gasteiger charge is -2.10. The quantitative estimate of drug-likeness (QED) is 0.528. The van der Waals surface area contributed by atoms with E-state index in [0.29, 0.717) is 22.8 Å². The minimum atomic E-state index is -0.141. The van der Waals surface area contributed by atoms with Gasteiger partial charge < -0.3 is 10.6 Å². The van der Waals surface area contributed by atoms with Gasteiger partial charge in [-0.25, -0.2) is 0 Å². The first-order valence-electron chi connectivity index (χ1n) is 11.6. The van der Waals surface area contributed by atoms with Gasteiger partial charge in [0, 0.05) is 29.6 Å². The highest BCUT2D eigenvalue weighted by molar-refractivity contribution is 7.15. The third-order valence-corrected chi connectivity index (χ3v) is 7.76. The minimum Gasteiger partial charge on any atom is -0.309 e. The predicted octanol–water partition coefficient (Wildman–Crippen LogP) is 3.94. The number of hydrogen-bond donors (Lipinski definition) is 2. The predicted molar refractivity (Wildman–Crippen MR) is 128 cm³/mol. The molecule has 3 heterocycles. The summed E-state index contributed by atoms with van der Waals surface area (Å²) < 4.78 is 0. The number of rotatable bonds is 7.